The van der Waals surface area contributed by atoms with Crippen molar-refractivity contribution in [2.24, 2.45) is 0 Å². The van der Waals surface area contributed by atoms with Gasteiger partial charge in [-0.3, -0.25) is 9.59 Å². The van der Waals surface area contributed by atoms with Gasteiger partial charge in [0.2, 0.25) is 5.91 Å². The lowest BCUT2D eigenvalue weighted by atomic mass is 9.93. The molecule has 2 aromatic carbocycles. The number of nitrogens with one attached hydrogen (secondary N) is 1. The molecule has 140 valence electrons. The second kappa shape index (κ2) is 7.08. The van der Waals surface area contributed by atoms with E-state index in [0.717, 1.165) is 5.56 Å². The van der Waals surface area contributed by atoms with E-state index in [0.29, 0.717) is 6.54 Å². The topological polar surface area (TPSA) is 58.6 Å². The Hall–Kier alpha value is -2.80. The number of nitrogens with zero attached hydrogens (tertiary/aromatic N) is 1. The SMILES string of the molecule is O=C1CO[C@@H]2[C@@H](c3ccc(F)cc3)CN(C(=O)c3ccccc3F)[C@@H]2CN1. The molecule has 2 aliphatic heterocycles. The van der Waals surface area contributed by atoms with E-state index in [1.165, 1.54) is 30.3 Å². The first-order valence-electron chi connectivity index (χ1n) is 8.74. The third kappa shape index (κ3) is 3.30. The molecule has 0 spiro atoms. The second-order valence-electron chi connectivity index (χ2n) is 6.74. The average Bonchev–Trinajstić information content (AvgIpc) is 2.92. The van der Waals surface area contributed by atoms with E-state index >= 15 is 0 Å². The van der Waals surface area contributed by atoms with Crippen LogP contribution in [0.5, 0.6) is 0 Å². The van der Waals surface area contributed by atoms with Gasteiger partial charge in [0.15, 0.2) is 0 Å². The van der Waals surface area contributed by atoms with Crippen LogP contribution in [0, 0.1) is 11.6 Å². The molecule has 27 heavy (non-hydrogen) atoms. The lowest BCUT2D eigenvalue weighted by Gasteiger charge is -2.26. The molecule has 3 atom stereocenters. The number of fused-ring (bicyclic) bond motifs is 1. The van der Waals surface area contributed by atoms with Crippen LogP contribution in [0.2, 0.25) is 0 Å². The smallest absolute Gasteiger partial charge is 0.257 e. The van der Waals surface area contributed by atoms with Crippen LogP contribution in [-0.4, -0.2) is 48.6 Å². The first-order chi connectivity index (χ1) is 13.0. The molecule has 2 aromatic rings. The van der Waals surface area contributed by atoms with Crippen LogP contribution in [-0.2, 0) is 9.53 Å². The van der Waals surface area contributed by atoms with Crippen molar-refractivity contribution < 1.29 is 23.1 Å². The van der Waals surface area contributed by atoms with Gasteiger partial charge in [-0.15, -0.1) is 0 Å². The van der Waals surface area contributed by atoms with Gasteiger partial charge in [-0.25, -0.2) is 8.78 Å². The molecule has 0 aliphatic carbocycles. The molecule has 0 radical (unpaired) electrons. The van der Waals surface area contributed by atoms with E-state index in [1.807, 2.05) is 0 Å². The Morgan fingerprint density at radius 2 is 1.85 bits per heavy atom. The number of carbonyl (C=O) groups excluding carboxylic acids is 2. The van der Waals surface area contributed by atoms with Gasteiger partial charge in [0.1, 0.15) is 18.2 Å². The minimum Gasteiger partial charge on any atom is -0.365 e. The molecule has 2 fully saturated rings. The van der Waals surface area contributed by atoms with Crippen molar-refractivity contribution in [3.05, 3.63) is 71.3 Å². The van der Waals surface area contributed by atoms with Gasteiger partial charge in [-0.05, 0) is 29.8 Å². The average molecular weight is 372 g/mol. The maximum atomic E-state index is 14.1. The van der Waals surface area contributed by atoms with Gasteiger partial charge >= 0.3 is 0 Å². The zero-order chi connectivity index (χ0) is 19.0. The van der Waals surface area contributed by atoms with Crippen LogP contribution >= 0.6 is 0 Å². The van der Waals surface area contributed by atoms with E-state index in [1.54, 1.807) is 23.1 Å². The lowest BCUT2D eigenvalue weighted by molar-refractivity contribution is -0.125. The Labute approximate surface area is 154 Å². The molecular formula is C20H18F2N2O3. The molecule has 2 saturated heterocycles. The highest BCUT2D eigenvalue weighted by atomic mass is 19.1. The summed E-state index contributed by atoms with van der Waals surface area (Å²) in [6.07, 6.45) is -0.440. The first-order valence-corrected chi connectivity index (χ1v) is 8.74. The van der Waals surface area contributed by atoms with E-state index < -0.39 is 23.9 Å². The third-order valence-electron chi connectivity index (χ3n) is 5.15. The van der Waals surface area contributed by atoms with Crippen LogP contribution in [0.4, 0.5) is 8.78 Å². The summed E-state index contributed by atoms with van der Waals surface area (Å²) in [6, 6.07) is 11.4. The fraction of sp³-hybridized carbons (Fsp3) is 0.300. The molecule has 2 aliphatic rings. The maximum absolute atomic E-state index is 14.1. The summed E-state index contributed by atoms with van der Waals surface area (Å²) in [4.78, 5) is 26.3. The van der Waals surface area contributed by atoms with Gasteiger partial charge in [0, 0.05) is 19.0 Å². The Morgan fingerprint density at radius 1 is 1.11 bits per heavy atom. The van der Waals surface area contributed by atoms with Crippen LogP contribution in [0.15, 0.2) is 48.5 Å². The molecule has 0 bridgehead atoms. The summed E-state index contributed by atoms with van der Waals surface area (Å²) in [6.45, 7) is 0.409. The number of hydrogen-bond acceptors (Lipinski definition) is 3. The van der Waals surface area contributed by atoms with Crippen LogP contribution in [0.3, 0.4) is 0 Å². The number of rotatable bonds is 2. The van der Waals surface area contributed by atoms with Gasteiger partial charge in [-0.1, -0.05) is 24.3 Å². The number of ether oxygens (including phenoxy) is 1. The molecule has 2 heterocycles. The summed E-state index contributed by atoms with van der Waals surface area (Å²) in [7, 11) is 0. The van der Waals surface area contributed by atoms with E-state index in [2.05, 4.69) is 5.32 Å². The molecular weight excluding hydrogens is 354 g/mol. The van der Waals surface area contributed by atoms with Crippen LogP contribution in [0.25, 0.3) is 0 Å². The normalized spacial score (nSPS) is 24.9. The van der Waals surface area contributed by atoms with Crippen molar-refractivity contribution in [3.63, 3.8) is 0 Å². The standard InChI is InChI=1S/C20H18F2N2O3/c21-13-7-5-12(6-8-13)15-10-24(17-9-23-18(25)11-27-19(15)17)20(26)14-3-1-2-4-16(14)22/h1-8,15,17,19H,9-11H2,(H,23,25)/t15-,17-,19-/m1/s1. The van der Waals surface area contributed by atoms with Gasteiger partial charge in [0.25, 0.3) is 5.91 Å². The van der Waals surface area contributed by atoms with Crippen molar-refractivity contribution in [1.29, 1.82) is 0 Å². The Bertz CT molecular complexity index is 872. The fourth-order valence-electron chi connectivity index (χ4n) is 3.82. The number of carbonyl (C=O) groups is 2. The summed E-state index contributed by atoms with van der Waals surface area (Å²) in [5.74, 6) is -1.90. The number of hydrogen-bond donors (Lipinski definition) is 1. The number of amides is 2. The lowest BCUT2D eigenvalue weighted by Crippen LogP contribution is -2.45. The van der Waals surface area contributed by atoms with Crippen molar-refractivity contribution in [2.75, 3.05) is 19.7 Å². The monoisotopic (exact) mass is 372 g/mol. The van der Waals surface area contributed by atoms with E-state index in [9.17, 15) is 18.4 Å². The zero-order valence-electron chi connectivity index (χ0n) is 14.4. The number of likely N-dealkylation sites (tertiary alicyclic amines) is 1. The van der Waals surface area contributed by atoms with Gasteiger partial charge in [0.05, 0.1) is 17.7 Å². The third-order valence-corrected chi connectivity index (χ3v) is 5.15. The molecule has 1 N–H and O–H groups in total. The summed E-state index contributed by atoms with van der Waals surface area (Å²) in [5, 5.41) is 2.74. The zero-order valence-corrected chi connectivity index (χ0v) is 14.4. The molecule has 0 aromatic heterocycles. The quantitative estimate of drug-likeness (QED) is 0.878. The molecule has 2 amide bonds. The van der Waals surface area contributed by atoms with Gasteiger partial charge < -0.3 is 15.0 Å². The largest absolute Gasteiger partial charge is 0.365 e. The van der Waals surface area contributed by atoms with E-state index in [4.69, 9.17) is 4.74 Å². The summed E-state index contributed by atoms with van der Waals surface area (Å²) < 4.78 is 33.2. The summed E-state index contributed by atoms with van der Waals surface area (Å²) >= 11 is 0. The molecule has 5 nitrogen and oxygen atoms in total. The van der Waals surface area contributed by atoms with Crippen molar-refractivity contribution in [3.8, 4) is 0 Å². The minimum atomic E-state index is -0.595. The molecule has 4 rings (SSSR count). The number of benzene rings is 2. The highest BCUT2D eigenvalue weighted by molar-refractivity contribution is 5.95. The predicted octanol–water partition coefficient (Wildman–Crippen LogP) is 2.09. The maximum Gasteiger partial charge on any atom is 0.257 e. The highest BCUT2D eigenvalue weighted by Gasteiger charge is 2.47. The predicted molar refractivity (Wildman–Crippen MR) is 93.1 cm³/mol. The van der Waals surface area contributed by atoms with Crippen LogP contribution < -0.4 is 5.32 Å². The molecule has 0 unspecified atom stereocenters. The second-order valence-corrected chi connectivity index (χ2v) is 6.74. The molecule has 0 saturated carbocycles. The van der Waals surface area contributed by atoms with E-state index in [-0.39, 0.29) is 36.4 Å². The first kappa shape index (κ1) is 17.6. The Morgan fingerprint density at radius 3 is 2.59 bits per heavy atom. The highest BCUT2D eigenvalue weighted by Crippen LogP contribution is 2.36. The number of halogens is 2. The van der Waals surface area contributed by atoms with Crippen molar-refractivity contribution in [1.82, 2.24) is 10.2 Å². The Kier molecular flexibility index (Phi) is 4.61. The van der Waals surface area contributed by atoms with Crippen molar-refractivity contribution >= 4 is 11.8 Å². The Balaban J connectivity index is 1.69. The van der Waals surface area contributed by atoms with Gasteiger partial charge in [-0.2, -0.15) is 0 Å². The molecule has 7 heteroatoms. The van der Waals surface area contributed by atoms with Crippen molar-refractivity contribution in [2.45, 2.75) is 18.1 Å². The minimum absolute atomic E-state index is 0.0217. The fourth-order valence-corrected chi connectivity index (χ4v) is 3.82. The van der Waals surface area contributed by atoms with Crippen LogP contribution in [0.1, 0.15) is 21.8 Å². The summed E-state index contributed by atoms with van der Waals surface area (Å²) in [5.41, 5.74) is 0.788.